The van der Waals surface area contributed by atoms with E-state index in [4.69, 9.17) is 0 Å². The average Bonchev–Trinajstić information content (AvgIpc) is 3.34. The van der Waals surface area contributed by atoms with Crippen molar-refractivity contribution in [1.82, 2.24) is 24.8 Å². The van der Waals surface area contributed by atoms with Crippen LogP contribution in [0.15, 0.2) is 29.6 Å². The highest BCUT2D eigenvalue weighted by molar-refractivity contribution is 6.36. The molecule has 0 aliphatic rings. The maximum atomic E-state index is 13.3. The molecular weight excluding hydrogens is 502 g/mol. The van der Waals surface area contributed by atoms with E-state index in [0.717, 1.165) is 19.3 Å². The second kappa shape index (κ2) is 14.9. The summed E-state index contributed by atoms with van der Waals surface area (Å²) >= 11 is 0. The number of pyridine rings is 1. The van der Waals surface area contributed by atoms with Gasteiger partial charge >= 0.3 is 0 Å². The van der Waals surface area contributed by atoms with Crippen LogP contribution in [0.1, 0.15) is 74.0 Å². The predicted molar refractivity (Wildman–Crippen MR) is 145 cm³/mol. The summed E-state index contributed by atoms with van der Waals surface area (Å²) in [7, 11) is 2.95. The molecular formula is C28H39N5O6. The van der Waals surface area contributed by atoms with Gasteiger partial charge in [-0.2, -0.15) is 0 Å². The first-order valence-electron chi connectivity index (χ1n) is 13.3. The van der Waals surface area contributed by atoms with E-state index in [-0.39, 0.29) is 42.8 Å². The number of imidazole rings is 1. The Morgan fingerprint density at radius 1 is 1.05 bits per heavy atom. The number of rotatable bonds is 16. The number of ketones is 3. The van der Waals surface area contributed by atoms with E-state index in [9.17, 15) is 28.8 Å². The third kappa shape index (κ3) is 9.12. The highest BCUT2D eigenvalue weighted by Crippen LogP contribution is 2.15. The maximum absolute atomic E-state index is 13.3. The normalized spacial score (nSPS) is 11.7. The van der Waals surface area contributed by atoms with Crippen LogP contribution in [0.3, 0.4) is 0 Å². The van der Waals surface area contributed by atoms with E-state index >= 15 is 0 Å². The van der Waals surface area contributed by atoms with Gasteiger partial charge in [0.2, 0.25) is 5.78 Å². The predicted octanol–water partition coefficient (Wildman–Crippen LogP) is 1.68. The van der Waals surface area contributed by atoms with Crippen molar-refractivity contribution in [1.29, 1.82) is 0 Å². The minimum atomic E-state index is -1.13. The Kier molecular flexibility index (Phi) is 12.0. The number of nitrogens with one attached hydrogen (secondary N) is 2. The van der Waals surface area contributed by atoms with Crippen molar-refractivity contribution in [2.75, 3.05) is 7.05 Å². The largest absolute Gasteiger partial charge is 0.353 e. The van der Waals surface area contributed by atoms with E-state index < -0.39 is 35.0 Å². The lowest BCUT2D eigenvalue weighted by atomic mass is 9.96. The summed E-state index contributed by atoms with van der Waals surface area (Å²) in [6.07, 6.45) is 6.79. The van der Waals surface area contributed by atoms with Gasteiger partial charge in [0.15, 0.2) is 11.6 Å². The van der Waals surface area contributed by atoms with Crippen LogP contribution in [0.4, 0.5) is 0 Å². The van der Waals surface area contributed by atoms with Gasteiger partial charge in [-0.25, -0.2) is 4.98 Å². The highest BCUT2D eigenvalue weighted by atomic mass is 16.2. The molecule has 2 rings (SSSR count). The Bertz CT molecular complexity index is 1260. The number of nitrogens with zero attached hydrogens (tertiary/aromatic N) is 3. The second-order valence-electron chi connectivity index (χ2n) is 9.84. The molecule has 39 heavy (non-hydrogen) atoms. The summed E-state index contributed by atoms with van der Waals surface area (Å²) in [6, 6.07) is 0.456. The van der Waals surface area contributed by atoms with Gasteiger partial charge in [-0.1, -0.05) is 26.7 Å². The van der Waals surface area contributed by atoms with Crippen LogP contribution in [0.25, 0.3) is 0 Å². The number of Topliss-reactive ketones (excluding diaryl/α,β-unsaturated/α-hetero) is 3. The molecule has 0 unspecified atom stereocenters. The molecule has 0 bridgehead atoms. The molecule has 0 spiro atoms. The lowest BCUT2D eigenvalue weighted by Gasteiger charge is -2.18. The lowest BCUT2D eigenvalue weighted by molar-refractivity contribution is -0.137. The molecule has 2 aromatic heterocycles. The van der Waals surface area contributed by atoms with Gasteiger partial charge in [0.25, 0.3) is 17.4 Å². The van der Waals surface area contributed by atoms with Crippen LogP contribution in [0, 0.1) is 12.8 Å². The molecule has 2 heterocycles. The Hall–Kier alpha value is -3.89. The van der Waals surface area contributed by atoms with Gasteiger partial charge in [-0.05, 0) is 37.3 Å². The molecule has 0 radical (unpaired) electrons. The molecule has 0 aromatic carbocycles. The van der Waals surface area contributed by atoms with Crippen molar-refractivity contribution in [3.8, 4) is 0 Å². The van der Waals surface area contributed by atoms with Crippen LogP contribution in [0.2, 0.25) is 0 Å². The fraction of sp³-hybridized carbons (Fsp3) is 0.536. The maximum Gasteiger partial charge on any atom is 0.287 e. The van der Waals surface area contributed by atoms with Gasteiger partial charge in [0.1, 0.15) is 5.69 Å². The zero-order valence-corrected chi connectivity index (χ0v) is 23.4. The van der Waals surface area contributed by atoms with Crippen LogP contribution in [0.5, 0.6) is 0 Å². The topological polar surface area (TPSA) is 149 Å². The van der Waals surface area contributed by atoms with Crippen molar-refractivity contribution in [3.63, 3.8) is 0 Å². The smallest absolute Gasteiger partial charge is 0.287 e. The fourth-order valence-electron chi connectivity index (χ4n) is 4.40. The molecule has 0 aliphatic carbocycles. The molecule has 11 nitrogen and oxygen atoms in total. The molecule has 2 amide bonds. The number of likely N-dealkylation sites (N-methyl/N-ethyl adjacent to an activating group) is 1. The number of carbonyl (C=O) groups excluding carboxylic acids is 5. The summed E-state index contributed by atoms with van der Waals surface area (Å²) in [5.74, 6) is -2.19. The molecule has 0 saturated heterocycles. The van der Waals surface area contributed by atoms with Crippen LogP contribution in [-0.2, 0) is 39.2 Å². The first kappa shape index (κ1) is 31.3. The monoisotopic (exact) mass is 541 g/mol. The van der Waals surface area contributed by atoms with Crippen molar-refractivity contribution in [2.45, 2.75) is 78.3 Å². The van der Waals surface area contributed by atoms with Gasteiger partial charge in [-0.15, -0.1) is 0 Å². The van der Waals surface area contributed by atoms with Crippen molar-refractivity contribution in [2.24, 2.45) is 13.0 Å². The third-order valence-corrected chi connectivity index (χ3v) is 6.88. The summed E-state index contributed by atoms with van der Waals surface area (Å²) in [5.41, 5.74) is 0.638. The summed E-state index contributed by atoms with van der Waals surface area (Å²) < 4.78 is 2.80. The summed E-state index contributed by atoms with van der Waals surface area (Å²) in [6.45, 7) is 5.87. The first-order valence-corrected chi connectivity index (χ1v) is 13.3. The number of carbonyl (C=O) groups is 5. The molecule has 2 N–H and O–H groups in total. The summed E-state index contributed by atoms with van der Waals surface area (Å²) in [5, 5.41) is 4.86. The SMILES string of the molecule is CCC(CC)CCC(=O)Cn1cc(C)cc(CC(=O)[C@H](CCC(=O)C(=O)NC)NC(=O)c2cncn2C)c1=O. The van der Waals surface area contributed by atoms with E-state index in [1.165, 1.54) is 28.7 Å². The van der Waals surface area contributed by atoms with Crippen molar-refractivity contribution < 1.29 is 24.0 Å². The zero-order chi connectivity index (χ0) is 29.1. The van der Waals surface area contributed by atoms with Crippen LogP contribution >= 0.6 is 0 Å². The number of hydrogen-bond acceptors (Lipinski definition) is 7. The standard InChI is InChI=1S/C28H39N5O6/c1-6-19(7-2)8-9-21(34)16-33-15-18(3)12-20(28(33)39)13-25(36)22(10-11-24(35)27(38)29-4)31-26(37)23-14-30-17-32(23)5/h12,14-15,17,19,22H,6-11,13,16H2,1-5H3,(H,29,38)(H,31,37)/t22-/m0/s1. The number of amides is 2. The van der Waals surface area contributed by atoms with Gasteiger partial charge in [0.05, 0.1) is 25.1 Å². The van der Waals surface area contributed by atoms with Gasteiger partial charge in [0, 0.05) is 45.1 Å². The van der Waals surface area contributed by atoms with Crippen LogP contribution < -0.4 is 16.2 Å². The number of hydrogen-bond donors (Lipinski definition) is 2. The van der Waals surface area contributed by atoms with E-state index in [1.807, 2.05) is 0 Å². The molecule has 212 valence electrons. The van der Waals surface area contributed by atoms with E-state index in [1.54, 1.807) is 26.2 Å². The van der Waals surface area contributed by atoms with Crippen molar-refractivity contribution >= 4 is 29.2 Å². The highest BCUT2D eigenvalue weighted by Gasteiger charge is 2.26. The second-order valence-corrected chi connectivity index (χ2v) is 9.84. The minimum absolute atomic E-state index is 0.0547. The Morgan fingerprint density at radius 2 is 1.74 bits per heavy atom. The molecule has 0 saturated carbocycles. The number of aromatic nitrogens is 3. The molecule has 0 fully saturated rings. The Balaban J connectivity index is 2.22. The van der Waals surface area contributed by atoms with Crippen molar-refractivity contribution in [3.05, 3.63) is 52.0 Å². The fourth-order valence-corrected chi connectivity index (χ4v) is 4.40. The molecule has 0 aliphatic heterocycles. The number of aryl methyl sites for hydroxylation is 2. The van der Waals surface area contributed by atoms with Crippen LogP contribution in [-0.4, -0.2) is 56.4 Å². The average molecular weight is 542 g/mol. The van der Waals surface area contributed by atoms with E-state index in [0.29, 0.717) is 17.9 Å². The van der Waals surface area contributed by atoms with Gasteiger partial charge in [-0.3, -0.25) is 28.8 Å². The zero-order valence-electron chi connectivity index (χ0n) is 23.4. The molecule has 2 aromatic rings. The Labute approximate surface area is 228 Å². The third-order valence-electron chi connectivity index (χ3n) is 6.88. The van der Waals surface area contributed by atoms with E-state index in [2.05, 4.69) is 29.5 Å². The first-order chi connectivity index (χ1) is 18.5. The summed E-state index contributed by atoms with van der Waals surface area (Å²) in [4.78, 5) is 79.5. The minimum Gasteiger partial charge on any atom is -0.353 e. The quantitative estimate of drug-likeness (QED) is 0.307. The molecule has 1 atom stereocenters. The molecule has 11 heteroatoms. The van der Waals surface area contributed by atoms with Gasteiger partial charge < -0.3 is 19.8 Å². The lowest BCUT2D eigenvalue weighted by Crippen LogP contribution is -2.43. The Morgan fingerprint density at radius 3 is 2.33 bits per heavy atom.